The zero-order valence-corrected chi connectivity index (χ0v) is 15.7. The zero-order valence-electron chi connectivity index (χ0n) is 14.1. The SMILES string of the molecule is COc1ccc2c(c1)C(C)N(C(=O)c1cc3ccc(Br)cn3n1)CC2. The van der Waals surface area contributed by atoms with Crippen LogP contribution >= 0.6 is 15.9 Å². The number of halogens is 1. The van der Waals surface area contributed by atoms with E-state index in [-0.39, 0.29) is 11.9 Å². The zero-order chi connectivity index (χ0) is 17.6. The minimum atomic E-state index is -0.0409. The number of nitrogens with zero attached hydrogens (tertiary/aromatic N) is 3. The Labute approximate surface area is 154 Å². The summed E-state index contributed by atoms with van der Waals surface area (Å²) in [5.74, 6) is 0.776. The van der Waals surface area contributed by atoms with Crippen LogP contribution in [0, 0.1) is 0 Å². The second-order valence-corrected chi connectivity index (χ2v) is 7.15. The molecule has 6 heteroatoms. The molecule has 5 nitrogen and oxygen atoms in total. The molecular formula is C19H18BrN3O2. The van der Waals surface area contributed by atoms with Gasteiger partial charge in [0.1, 0.15) is 5.75 Å². The number of methoxy groups -OCH3 is 1. The van der Waals surface area contributed by atoms with Gasteiger partial charge >= 0.3 is 0 Å². The first-order valence-electron chi connectivity index (χ1n) is 8.19. The van der Waals surface area contributed by atoms with Crippen molar-refractivity contribution < 1.29 is 9.53 Å². The molecule has 0 fully saturated rings. The van der Waals surface area contributed by atoms with Gasteiger partial charge in [0.2, 0.25) is 0 Å². The van der Waals surface area contributed by atoms with Gasteiger partial charge in [0.15, 0.2) is 5.69 Å². The normalized spacial score (nSPS) is 16.8. The van der Waals surface area contributed by atoms with Gasteiger partial charge in [0.05, 0.1) is 18.7 Å². The van der Waals surface area contributed by atoms with Crippen molar-refractivity contribution in [2.45, 2.75) is 19.4 Å². The number of ether oxygens (including phenoxy) is 1. The molecule has 0 N–H and O–H groups in total. The van der Waals surface area contributed by atoms with Crippen LogP contribution in [0.4, 0.5) is 0 Å². The summed E-state index contributed by atoms with van der Waals surface area (Å²) >= 11 is 3.43. The number of carbonyl (C=O) groups is 1. The molecule has 3 aromatic rings. The van der Waals surface area contributed by atoms with Gasteiger partial charge in [-0.2, -0.15) is 5.10 Å². The Morgan fingerprint density at radius 2 is 2.12 bits per heavy atom. The van der Waals surface area contributed by atoms with Crippen molar-refractivity contribution in [1.82, 2.24) is 14.5 Å². The molecule has 0 saturated heterocycles. The third kappa shape index (κ3) is 2.80. The van der Waals surface area contributed by atoms with Crippen molar-refractivity contribution in [3.05, 3.63) is 63.9 Å². The van der Waals surface area contributed by atoms with Crippen molar-refractivity contribution in [2.24, 2.45) is 0 Å². The van der Waals surface area contributed by atoms with Crippen molar-refractivity contribution in [3.8, 4) is 5.75 Å². The smallest absolute Gasteiger partial charge is 0.274 e. The summed E-state index contributed by atoms with van der Waals surface area (Å²) in [5, 5.41) is 4.44. The van der Waals surface area contributed by atoms with Gasteiger partial charge < -0.3 is 9.64 Å². The lowest BCUT2D eigenvalue weighted by Gasteiger charge is -2.35. The standard InChI is InChI=1S/C19H18BrN3O2/c1-12-17-10-16(25-2)6-3-13(17)7-8-22(12)19(24)18-9-15-5-4-14(20)11-23(15)21-18/h3-6,9-12H,7-8H2,1-2H3. The molecule has 0 saturated carbocycles. The summed E-state index contributed by atoms with van der Waals surface area (Å²) in [6, 6.07) is 11.8. The highest BCUT2D eigenvalue weighted by Crippen LogP contribution is 2.33. The van der Waals surface area contributed by atoms with Crippen LogP contribution in [-0.4, -0.2) is 34.1 Å². The number of aromatic nitrogens is 2. The molecule has 1 aromatic carbocycles. The van der Waals surface area contributed by atoms with E-state index >= 15 is 0 Å². The average Bonchev–Trinajstić information content (AvgIpc) is 3.04. The molecule has 1 atom stereocenters. The van der Waals surface area contributed by atoms with Gasteiger partial charge in [-0.1, -0.05) is 6.07 Å². The number of benzene rings is 1. The predicted molar refractivity (Wildman–Crippen MR) is 99.0 cm³/mol. The lowest BCUT2D eigenvalue weighted by Crippen LogP contribution is -2.39. The molecule has 0 spiro atoms. The maximum absolute atomic E-state index is 13.0. The third-order valence-corrected chi connectivity index (χ3v) is 5.27. The fraction of sp³-hybridized carbons (Fsp3) is 0.263. The summed E-state index contributed by atoms with van der Waals surface area (Å²) in [6.45, 7) is 2.75. The first kappa shape index (κ1) is 16.1. The second kappa shape index (κ2) is 6.19. The molecule has 1 aliphatic rings. The molecule has 1 aliphatic heterocycles. The molecule has 0 radical (unpaired) electrons. The Balaban J connectivity index is 1.67. The van der Waals surface area contributed by atoms with Gasteiger partial charge in [-0.3, -0.25) is 4.79 Å². The molecule has 25 heavy (non-hydrogen) atoms. The Bertz CT molecular complexity index is 966. The number of hydrogen-bond acceptors (Lipinski definition) is 3. The maximum atomic E-state index is 13.0. The number of carbonyl (C=O) groups excluding carboxylic acids is 1. The Morgan fingerprint density at radius 3 is 2.92 bits per heavy atom. The third-order valence-electron chi connectivity index (χ3n) is 4.80. The van der Waals surface area contributed by atoms with E-state index in [1.54, 1.807) is 11.6 Å². The van der Waals surface area contributed by atoms with Gasteiger partial charge in [0.25, 0.3) is 5.91 Å². The second-order valence-electron chi connectivity index (χ2n) is 6.24. The maximum Gasteiger partial charge on any atom is 0.274 e. The minimum Gasteiger partial charge on any atom is -0.497 e. The number of pyridine rings is 1. The summed E-state index contributed by atoms with van der Waals surface area (Å²) in [4.78, 5) is 14.9. The van der Waals surface area contributed by atoms with Crippen molar-refractivity contribution in [2.75, 3.05) is 13.7 Å². The van der Waals surface area contributed by atoms with Crippen LogP contribution in [-0.2, 0) is 6.42 Å². The van der Waals surface area contributed by atoms with E-state index in [0.717, 1.165) is 27.7 Å². The summed E-state index contributed by atoms with van der Waals surface area (Å²) in [5.41, 5.74) is 3.79. The molecular weight excluding hydrogens is 382 g/mol. The van der Waals surface area contributed by atoms with Gasteiger partial charge in [-0.05, 0) is 70.7 Å². The first-order valence-corrected chi connectivity index (χ1v) is 8.99. The number of hydrogen-bond donors (Lipinski definition) is 0. The molecule has 0 aliphatic carbocycles. The summed E-state index contributed by atoms with van der Waals surface area (Å²) in [7, 11) is 1.66. The van der Waals surface area contributed by atoms with Crippen molar-refractivity contribution in [3.63, 3.8) is 0 Å². The summed E-state index contributed by atoms with van der Waals surface area (Å²) < 4.78 is 7.99. The van der Waals surface area contributed by atoms with Crippen molar-refractivity contribution >= 4 is 27.4 Å². The van der Waals surface area contributed by atoms with Crippen LogP contribution in [0.3, 0.4) is 0 Å². The monoisotopic (exact) mass is 399 g/mol. The average molecular weight is 400 g/mol. The van der Waals surface area contributed by atoms with Crippen LogP contribution in [0.25, 0.3) is 5.52 Å². The largest absolute Gasteiger partial charge is 0.497 e. The molecule has 1 unspecified atom stereocenters. The highest BCUT2D eigenvalue weighted by Gasteiger charge is 2.29. The van der Waals surface area contributed by atoms with E-state index in [1.165, 1.54) is 5.56 Å². The van der Waals surface area contributed by atoms with E-state index in [0.29, 0.717) is 12.2 Å². The Hall–Kier alpha value is -2.34. The van der Waals surface area contributed by atoms with E-state index in [4.69, 9.17) is 4.74 Å². The van der Waals surface area contributed by atoms with Crippen LogP contribution in [0.15, 0.2) is 47.1 Å². The van der Waals surface area contributed by atoms with E-state index in [1.807, 2.05) is 41.4 Å². The van der Waals surface area contributed by atoms with Crippen LogP contribution in [0.2, 0.25) is 0 Å². The molecule has 0 bridgehead atoms. The van der Waals surface area contributed by atoms with E-state index < -0.39 is 0 Å². The quantitative estimate of drug-likeness (QED) is 0.656. The van der Waals surface area contributed by atoms with Gasteiger partial charge in [-0.15, -0.1) is 0 Å². The molecule has 2 aromatic heterocycles. The molecule has 128 valence electrons. The van der Waals surface area contributed by atoms with Gasteiger partial charge in [-0.25, -0.2) is 4.52 Å². The lowest BCUT2D eigenvalue weighted by atomic mass is 9.93. The van der Waals surface area contributed by atoms with Crippen molar-refractivity contribution in [1.29, 1.82) is 0 Å². The Morgan fingerprint density at radius 1 is 1.28 bits per heavy atom. The minimum absolute atomic E-state index is 0.0112. The highest BCUT2D eigenvalue weighted by molar-refractivity contribution is 9.10. The fourth-order valence-electron chi connectivity index (χ4n) is 3.41. The summed E-state index contributed by atoms with van der Waals surface area (Å²) in [6.07, 6.45) is 2.69. The first-order chi connectivity index (χ1) is 12.1. The van der Waals surface area contributed by atoms with E-state index in [2.05, 4.69) is 34.0 Å². The number of rotatable bonds is 2. The lowest BCUT2D eigenvalue weighted by molar-refractivity contribution is 0.0671. The van der Waals surface area contributed by atoms with E-state index in [9.17, 15) is 4.79 Å². The van der Waals surface area contributed by atoms with Crippen LogP contribution in [0.1, 0.15) is 34.6 Å². The van der Waals surface area contributed by atoms with Crippen LogP contribution < -0.4 is 4.74 Å². The van der Waals surface area contributed by atoms with Gasteiger partial charge in [0, 0.05) is 17.2 Å². The number of amides is 1. The van der Waals surface area contributed by atoms with Crippen LogP contribution in [0.5, 0.6) is 5.75 Å². The Kier molecular flexibility index (Phi) is 4.00. The number of fused-ring (bicyclic) bond motifs is 2. The fourth-order valence-corrected chi connectivity index (χ4v) is 3.74. The highest BCUT2D eigenvalue weighted by atomic mass is 79.9. The molecule has 4 rings (SSSR count). The predicted octanol–water partition coefficient (Wildman–Crippen LogP) is 3.86. The topological polar surface area (TPSA) is 46.8 Å². The molecule has 1 amide bonds. The molecule has 3 heterocycles.